The van der Waals surface area contributed by atoms with Crippen LogP contribution in [0.15, 0.2) is 30.3 Å². The van der Waals surface area contributed by atoms with E-state index < -0.39 is 6.10 Å². The van der Waals surface area contributed by atoms with Crippen molar-refractivity contribution in [1.82, 2.24) is 10.2 Å². The quantitative estimate of drug-likeness (QED) is 0.839. The second-order valence-electron chi connectivity index (χ2n) is 6.43. The number of rotatable bonds is 6. The van der Waals surface area contributed by atoms with Crippen LogP contribution in [0.3, 0.4) is 0 Å². The highest BCUT2D eigenvalue weighted by Gasteiger charge is 2.28. The molecule has 1 aromatic carbocycles. The van der Waals surface area contributed by atoms with Crippen molar-refractivity contribution in [1.29, 1.82) is 0 Å². The maximum Gasteiger partial charge on any atom is 0.253 e. The number of nitrogens with zero attached hydrogens (tertiary/aromatic N) is 1. The molecule has 1 aromatic rings. The zero-order valence-corrected chi connectivity index (χ0v) is 14.6. The van der Waals surface area contributed by atoms with Crippen molar-refractivity contribution in [3.05, 3.63) is 35.9 Å². The van der Waals surface area contributed by atoms with Gasteiger partial charge in [-0.3, -0.25) is 9.59 Å². The van der Waals surface area contributed by atoms with E-state index in [0.29, 0.717) is 18.7 Å². The van der Waals surface area contributed by atoms with Crippen LogP contribution >= 0.6 is 0 Å². The number of hydrogen-bond donors (Lipinski definition) is 2. The molecule has 2 amide bonds. The molecule has 0 spiro atoms. The van der Waals surface area contributed by atoms with Crippen molar-refractivity contribution in [2.45, 2.75) is 51.7 Å². The Bertz CT molecular complexity index is 535. The molecule has 5 heteroatoms. The highest BCUT2D eigenvalue weighted by Crippen LogP contribution is 2.18. The molecule has 1 fully saturated rings. The van der Waals surface area contributed by atoms with Gasteiger partial charge in [-0.2, -0.15) is 0 Å². The van der Waals surface area contributed by atoms with Crippen molar-refractivity contribution < 1.29 is 14.7 Å². The number of nitrogens with one attached hydrogen (secondary N) is 1. The lowest BCUT2D eigenvalue weighted by atomic mass is 9.98. The largest absolute Gasteiger partial charge is 0.378 e. The summed E-state index contributed by atoms with van der Waals surface area (Å²) in [6.07, 6.45) is 2.07. The van der Waals surface area contributed by atoms with Gasteiger partial charge >= 0.3 is 0 Å². The Labute approximate surface area is 144 Å². The minimum absolute atomic E-state index is 0.0154. The lowest BCUT2D eigenvalue weighted by molar-refractivity contribution is -0.137. The van der Waals surface area contributed by atoms with Crippen LogP contribution in [0.5, 0.6) is 0 Å². The summed E-state index contributed by atoms with van der Waals surface area (Å²) in [5.74, 6) is -0.0314. The molecular weight excluding hydrogens is 304 g/mol. The minimum atomic E-state index is -1.14. The molecule has 1 atom stereocenters. The van der Waals surface area contributed by atoms with Crippen LogP contribution in [0.25, 0.3) is 0 Å². The summed E-state index contributed by atoms with van der Waals surface area (Å²) < 4.78 is 0. The van der Waals surface area contributed by atoms with Gasteiger partial charge in [0.15, 0.2) is 6.10 Å². The fraction of sp³-hybridized carbons (Fsp3) is 0.579. The van der Waals surface area contributed by atoms with Crippen LogP contribution in [-0.2, 0) is 9.59 Å². The van der Waals surface area contributed by atoms with Crippen molar-refractivity contribution in [3.8, 4) is 0 Å². The summed E-state index contributed by atoms with van der Waals surface area (Å²) >= 11 is 0. The van der Waals surface area contributed by atoms with E-state index in [-0.39, 0.29) is 23.8 Å². The van der Waals surface area contributed by atoms with Gasteiger partial charge in [-0.15, -0.1) is 0 Å². The molecule has 132 valence electrons. The first kappa shape index (κ1) is 18.5. The van der Waals surface area contributed by atoms with Gasteiger partial charge in [-0.25, -0.2) is 0 Å². The zero-order chi connectivity index (χ0) is 17.5. The normalized spacial score (nSPS) is 16.9. The first-order valence-electron chi connectivity index (χ1n) is 8.89. The van der Waals surface area contributed by atoms with Gasteiger partial charge in [0.25, 0.3) is 5.91 Å². The Morgan fingerprint density at radius 2 is 1.75 bits per heavy atom. The Morgan fingerprint density at radius 3 is 2.29 bits per heavy atom. The molecule has 1 aliphatic rings. The summed E-state index contributed by atoms with van der Waals surface area (Å²) in [4.78, 5) is 26.5. The van der Waals surface area contributed by atoms with Crippen LogP contribution in [0, 0.1) is 5.92 Å². The molecule has 0 aromatic heterocycles. The number of carbonyl (C=O) groups is 2. The van der Waals surface area contributed by atoms with E-state index in [1.54, 1.807) is 24.3 Å². The van der Waals surface area contributed by atoms with E-state index in [1.165, 1.54) is 0 Å². The molecule has 2 N–H and O–H groups in total. The molecule has 0 saturated carbocycles. The van der Waals surface area contributed by atoms with Crippen LogP contribution in [0.2, 0.25) is 0 Å². The van der Waals surface area contributed by atoms with Gasteiger partial charge in [0.2, 0.25) is 5.91 Å². The SMILES string of the molecule is CCC(CC)C(=O)N1CCC(NC(=O)C(O)c2ccccc2)CC1. The molecule has 1 heterocycles. The van der Waals surface area contributed by atoms with E-state index >= 15 is 0 Å². The van der Waals surface area contributed by atoms with Crippen molar-refractivity contribution in [2.24, 2.45) is 5.92 Å². The second-order valence-corrected chi connectivity index (χ2v) is 6.43. The van der Waals surface area contributed by atoms with Gasteiger partial charge in [-0.05, 0) is 31.2 Å². The lowest BCUT2D eigenvalue weighted by Gasteiger charge is -2.34. The van der Waals surface area contributed by atoms with Gasteiger partial charge in [0.1, 0.15) is 0 Å². The smallest absolute Gasteiger partial charge is 0.253 e. The molecule has 0 bridgehead atoms. The number of aliphatic hydroxyl groups is 1. The number of amides is 2. The van der Waals surface area contributed by atoms with Gasteiger partial charge in [-0.1, -0.05) is 44.2 Å². The Hall–Kier alpha value is -1.88. The lowest BCUT2D eigenvalue weighted by Crippen LogP contribution is -2.48. The fourth-order valence-electron chi connectivity index (χ4n) is 3.21. The number of hydrogen-bond acceptors (Lipinski definition) is 3. The Kier molecular flexibility index (Phi) is 6.79. The molecule has 1 aliphatic heterocycles. The monoisotopic (exact) mass is 332 g/mol. The van der Waals surface area contributed by atoms with Gasteiger partial charge in [0, 0.05) is 25.0 Å². The molecule has 0 radical (unpaired) electrons. The number of aliphatic hydroxyl groups excluding tert-OH is 1. The third-order valence-electron chi connectivity index (χ3n) is 4.85. The van der Waals surface area contributed by atoms with Crippen molar-refractivity contribution in [2.75, 3.05) is 13.1 Å². The predicted molar refractivity (Wildman–Crippen MR) is 93.2 cm³/mol. The number of likely N-dealkylation sites (tertiary alicyclic amines) is 1. The topological polar surface area (TPSA) is 69.6 Å². The molecule has 2 rings (SSSR count). The zero-order valence-electron chi connectivity index (χ0n) is 14.6. The molecule has 24 heavy (non-hydrogen) atoms. The average molecular weight is 332 g/mol. The molecule has 1 unspecified atom stereocenters. The minimum Gasteiger partial charge on any atom is -0.378 e. The Morgan fingerprint density at radius 1 is 1.17 bits per heavy atom. The maximum absolute atomic E-state index is 12.4. The number of carbonyl (C=O) groups excluding carboxylic acids is 2. The summed E-state index contributed by atoms with van der Waals surface area (Å²) in [5, 5.41) is 13.0. The standard InChI is InChI=1S/C19H28N2O3/c1-3-14(4-2)19(24)21-12-10-16(11-13-21)20-18(23)17(22)15-8-6-5-7-9-15/h5-9,14,16-17,22H,3-4,10-13H2,1-2H3,(H,20,23). The predicted octanol–water partition coefficient (Wildman–Crippen LogP) is 2.26. The summed E-state index contributed by atoms with van der Waals surface area (Å²) in [5.41, 5.74) is 0.594. The third-order valence-corrected chi connectivity index (χ3v) is 4.85. The highest BCUT2D eigenvalue weighted by atomic mass is 16.3. The van der Waals surface area contributed by atoms with Crippen LogP contribution in [0.4, 0.5) is 0 Å². The average Bonchev–Trinajstić information content (AvgIpc) is 2.63. The first-order chi connectivity index (χ1) is 11.6. The molecule has 5 nitrogen and oxygen atoms in total. The highest BCUT2D eigenvalue weighted by molar-refractivity contribution is 5.82. The van der Waals surface area contributed by atoms with Crippen molar-refractivity contribution >= 4 is 11.8 Å². The first-order valence-corrected chi connectivity index (χ1v) is 8.89. The van der Waals surface area contributed by atoms with E-state index in [0.717, 1.165) is 25.7 Å². The summed E-state index contributed by atoms with van der Waals surface area (Å²) in [7, 11) is 0. The summed E-state index contributed by atoms with van der Waals surface area (Å²) in [6, 6.07) is 8.94. The van der Waals surface area contributed by atoms with E-state index in [1.807, 2.05) is 24.8 Å². The molecular formula is C19H28N2O3. The van der Waals surface area contributed by atoms with E-state index in [2.05, 4.69) is 5.32 Å². The van der Waals surface area contributed by atoms with E-state index in [4.69, 9.17) is 0 Å². The number of piperidine rings is 1. The second kappa shape index (κ2) is 8.83. The molecule has 0 aliphatic carbocycles. The van der Waals surface area contributed by atoms with E-state index in [9.17, 15) is 14.7 Å². The molecule has 1 saturated heterocycles. The fourth-order valence-corrected chi connectivity index (χ4v) is 3.21. The number of benzene rings is 1. The van der Waals surface area contributed by atoms with Gasteiger partial charge < -0.3 is 15.3 Å². The third kappa shape index (κ3) is 4.57. The van der Waals surface area contributed by atoms with Crippen LogP contribution in [-0.4, -0.2) is 41.0 Å². The Balaban J connectivity index is 1.82. The maximum atomic E-state index is 12.4. The van der Waals surface area contributed by atoms with Crippen LogP contribution < -0.4 is 5.32 Å². The van der Waals surface area contributed by atoms with Crippen LogP contribution in [0.1, 0.15) is 51.2 Å². The summed E-state index contributed by atoms with van der Waals surface area (Å²) in [6.45, 7) is 5.43. The van der Waals surface area contributed by atoms with Crippen molar-refractivity contribution in [3.63, 3.8) is 0 Å². The van der Waals surface area contributed by atoms with Gasteiger partial charge in [0.05, 0.1) is 0 Å².